The Morgan fingerprint density at radius 3 is 2.79 bits per heavy atom. The Balaban J connectivity index is 1.48. The summed E-state index contributed by atoms with van der Waals surface area (Å²) in [7, 11) is 0. The van der Waals surface area contributed by atoms with Crippen LogP contribution in [0.5, 0.6) is 11.5 Å². The van der Waals surface area contributed by atoms with E-state index in [0.717, 1.165) is 41.9 Å². The van der Waals surface area contributed by atoms with Crippen molar-refractivity contribution in [2.75, 3.05) is 13.2 Å². The summed E-state index contributed by atoms with van der Waals surface area (Å²) in [4.78, 5) is 24.2. The van der Waals surface area contributed by atoms with Gasteiger partial charge in [-0.05, 0) is 44.9 Å². The van der Waals surface area contributed by atoms with Crippen molar-refractivity contribution in [2.24, 2.45) is 0 Å². The van der Waals surface area contributed by atoms with Crippen LogP contribution in [0.1, 0.15) is 63.5 Å². The molecule has 29 heavy (non-hydrogen) atoms. The van der Waals surface area contributed by atoms with Crippen LogP contribution in [-0.4, -0.2) is 37.1 Å². The number of fused-ring (bicyclic) bond motifs is 1. The van der Waals surface area contributed by atoms with Crippen LogP contribution in [0.3, 0.4) is 0 Å². The lowest BCUT2D eigenvalue weighted by molar-refractivity contribution is -0.122. The third-order valence-electron chi connectivity index (χ3n) is 5.36. The Kier molecular flexibility index (Phi) is 7.55. The molecule has 158 valence electrons. The highest BCUT2D eigenvalue weighted by molar-refractivity contribution is 5.92. The zero-order chi connectivity index (χ0) is 20.6. The van der Waals surface area contributed by atoms with Crippen LogP contribution in [0.25, 0.3) is 6.08 Å². The molecule has 2 amide bonds. The van der Waals surface area contributed by atoms with E-state index >= 15 is 0 Å². The fourth-order valence-corrected chi connectivity index (χ4v) is 3.94. The van der Waals surface area contributed by atoms with Gasteiger partial charge in [0.05, 0.1) is 6.61 Å². The Morgan fingerprint density at radius 2 is 2.03 bits per heavy atom. The SMILES string of the molecule is CCOc1cc2c(cc1/C=C/C(=O)NCCC(=O)NC1CCCCC1)OC(C)C2. The van der Waals surface area contributed by atoms with E-state index in [-0.39, 0.29) is 17.9 Å². The van der Waals surface area contributed by atoms with Crippen LogP contribution in [0, 0.1) is 0 Å². The normalized spacial score (nSPS) is 18.9. The topological polar surface area (TPSA) is 76.7 Å². The highest BCUT2D eigenvalue weighted by Gasteiger charge is 2.21. The number of nitrogens with one attached hydrogen (secondary N) is 2. The summed E-state index contributed by atoms with van der Waals surface area (Å²) in [5.74, 6) is 1.37. The first-order valence-electron chi connectivity index (χ1n) is 10.8. The fourth-order valence-electron chi connectivity index (χ4n) is 3.94. The number of benzene rings is 1. The molecule has 0 aromatic heterocycles. The van der Waals surface area contributed by atoms with Gasteiger partial charge in [-0.3, -0.25) is 9.59 Å². The number of carbonyl (C=O) groups is 2. The van der Waals surface area contributed by atoms with Gasteiger partial charge in [-0.1, -0.05) is 19.3 Å². The van der Waals surface area contributed by atoms with Crippen LogP contribution in [0.4, 0.5) is 0 Å². The van der Waals surface area contributed by atoms with Crippen LogP contribution in [0.15, 0.2) is 18.2 Å². The molecule has 1 aliphatic heterocycles. The molecule has 6 nitrogen and oxygen atoms in total. The molecule has 0 spiro atoms. The first kappa shape index (κ1) is 21.2. The van der Waals surface area contributed by atoms with Gasteiger partial charge in [0.1, 0.15) is 17.6 Å². The smallest absolute Gasteiger partial charge is 0.244 e. The molecule has 1 heterocycles. The van der Waals surface area contributed by atoms with Gasteiger partial charge in [0, 0.05) is 42.6 Å². The van der Waals surface area contributed by atoms with Crippen molar-refractivity contribution in [3.8, 4) is 11.5 Å². The third kappa shape index (κ3) is 6.24. The van der Waals surface area contributed by atoms with E-state index in [1.165, 1.54) is 25.3 Å². The van der Waals surface area contributed by atoms with E-state index in [1.54, 1.807) is 6.08 Å². The summed E-state index contributed by atoms with van der Waals surface area (Å²) in [6.07, 6.45) is 10.3. The lowest BCUT2D eigenvalue weighted by atomic mass is 9.95. The molecule has 1 atom stereocenters. The summed E-state index contributed by atoms with van der Waals surface area (Å²) >= 11 is 0. The Morgan fingerprint density at radius 1 is 1.24 bits per heavy atom. The number of hydrogen-bond donors (Lipinski definition) is 2. The molecule has 2 aliphatic rings. The minimum atomic E-state index is -0.229. The maximum Gasteiger partial charge on any atom is 0.244 e. The molecular formula is C23H32N2O4. The Bertz CT molecular complexity index is 753. The van der Waals surface area contributed by atoms with Crippen LogP contribution in [0.2, 0.25) is 0 Å². The predicted octanol–water partition coefficient (Wildman–Crippen LogP) is 3.38. The van der Waals surface area contributed by atoms with Crippen LogP contribution >= 0.6 is 0 Å². The molecular weight excluding hydrogens is 368 g/mol. The van der Waals surface area contributed by atoms with Gasteiger partial charge in [0.15, 0.2) is 0 Å². The van der Waals surface area contributed by atoms with Gasteiger partial charge >= 0.3 is 0 Å². The summed E-state index contributed by atoms with van der Waals surface area (Å²) in [6, 6.07) is 4.22. The Hall–Kier alpha value is -2.50. The summed E-state index contributed by atoms with van der Waals surface area (Å²) < 4.78 is 11.5. The molecule has 1 unspecified atom stereocenters. The van der Waals surface area contributed by atoms with E-state index in [0.29, 0.717) is 25.6 Å². The lowest BCUT2D eigenvalue weighted by Gasteiger charge is -2.22. The second-order valence-corrected chi connectivity index (χ2v) is 7.84. The molecule has 1 aromatic carbocycles. The average Bonchev–Trinajstić information content (AvgIpc) is 3.06. The molecule has 1 aromatic rings. The van der Waals surface area contributed by atoms with Crippen molar-refractivity contribution >= 4 is 17.9 Å². The molecule has 3 rings (SSSR count). The molecule has 0 bridgehead atoms. The first-order valence-corrected chi connectivity index (χ1v) is 10.8. The molecule has 1 fully saturated rings. The molecule has 2 N–H and O–H groups in total. The van der Waals surface area contributed by atoms with Crippen molar-refractivity contribution in [3.05, 3.63) is 29.3 Å². The number of rotatable bonds is 8. The monoisotopic (exact) mass is 400 g/mol. The van der Waals surface area contributed by atoms with E-state index in [2.05, 4.69) is 10.6 Å². The predicted molar refractivity (Wildman–Crippen MR) is 113 cm³/mol. The molecule has 1 saturated carbocycles. The molecule has 0 saturated heterocycles. The average molecular weight is 401 g/mol. The molecule has 1 aliphatic carbocycles. The van der Waals surface area contributed by atoms with Crippen molar-refractivity contribution in [2.45, 2.75) is 70.9 Å². The summed E-state index contributed by atoms with van der Waals surface area (Å²) in [5, 5.41) is 5.83. The number of amides is 2. The van der Waals surface area contributed by atoms with Gasteiger partial charge in [0.25, 0.3) is 0 Å². The van der Waals surface area contributed by atoms with E-state index in [4.69, 9.17) is 9.47 Å². The molecule has 0 radical (unpaired) electrons. The maximum atomic E-state index is 12.1. The van der Waals surface area contributed by atoms with Gasteiger partial charge in [-0.2, -0.15) is 0 Å². The summed E-state index contributed by atoms with van der Waals surface area (Å²) in [6.45, 7) is 4.85. The number of hydrogen-bond acceptors (Lipinski definition) is 4. The van der Waals surface area contributed by atoms with Crippen molar-refractivity contribution < 1.29 is 19.1 Å². The lowest BCUT2D eigenvalue weighted by Crippen LogP contribution is -2.38. The minimum Gasteiger partial charge on any atom is -0.493 e. The van der Waals surface area contributed by atoms with E-state index in [9.17, 15) is 9.59 Å². The van der Waals surface area contributed by atoms with Crippen LogP contribution in [-0.2, 0) is 16.0 Å². The van der Waals surface area contributed by atoms with Crippen molar-refractivity contribution in [1.29, 1.82) is 0 Å². The first-order chi connectivity index (χ1) is 14.0. The van der Waals surface area contributed by atoms with Gasteiger partial charge in [-0.15, -0.1) is 0 Å². The van der Waals surface area contributed by atoms with Crippen molar-refractivity contribution in [1.82, 2.24) is 10.6 Å². The van der Waals surface area contributed by atoms with E-state index in [1.807, 2.05) is 26.0 Å². The second kappa shape index (κ2) is 10.3. The number of carbonyl (C=O) groups excluding carboxylic acids is 2. The minimum absolute atomic E-state index is 0.00435. The highest BCUT2D eigenvalue weighted by Crippen LogP contribution is 2.35. The van der Waals surface area contributed by atoms with Gasteiger partial charge < -0.3 is 20.1 Å². The standard InChI is InChI=1S/C23H32N2O4/c1-3-28-20-15-18-13-16(2)29-21(18)14-17(20)9-10-22(26)24-12-11-23(27)25-19-7-5-4-6-8-19/h9-10,14-16,19H,3-8,11-13H2,1-2H3,(H,24,26)(H,25,27)/b10-9+. The highest BCUT2D eigenvalue weighted by atomic mass is 16.5. The van der Waals surface area contributed by atoms with E-state index < -0.39 is 0 Å². The Labute approximate surface area is 173 Å². The van der Waals surface area contributed by atoms with Gasteiger partial charge in [0.2, 0.25) is 11.8 Å². The zero-order valence-electron chi connectivity index (χ0n) is 17.5. The zero-order valence-corrected chi connectivity index (χ0v) is 17.5. The molecule has 6 heteroatoms. The maximum absolute atomic E-state index is 12.1. The second-order valence-electron chi connectivity index (χ2n) is 7.84. The van der Waals surface area contributed by atoms with Gasteiger partial charge in [-0.25, -0.2) is 0 Å². The number of ether oxygens (including phenoxy) is 2. The third-order valence-corrected chi connectivity index (χ3v) is 5.36. The quantitative estimate of drug-likeness (QED) is 0.656. The van der Waals surface area contributed by atoms with Crippen molar-refractivity contribution in [3.63, 3.8) is 0 Å². The van der Waals surface area contributed by atoms with Crippen LogP contribution < -0.4 is 20.1 Å². The fraction of sp³-hybridized carbons (Fsp3) is 0.565. The largest absolute Gasteiger partial charge is 0.493 e. The summed E-state index contributed by atoms with van der Waals surface area (Å²) in [5.41, 5.74) is 1.94.